The molecule has 0 bridgehead atoms. The largest absolute Gasteiger partial charge is 0.309 e. The topological polar surface area (TPSA) is 15.3 Å². The zero-order chi connectivity index (χ0) is 12.3. The van der Waals surface area contributed by atoms with Crippen molar-refractivity contribution < 1.29 is 0 Å². The molecule has 1 aliphatic rings. The zero-order valence-corrected chi connectivity index (χ0v) is 11.2. The van der Waals surface area contributed by atoms with Crippen molar-refractivity contribution in [2.24, 2.45) is 0 Å². The van der Waals surface area contributed by atoms with Gasteiger partial charge in [0.1, 0.15) is 0 Å². The normalized spacial score (nSPS) is 22.7. The molecule has 94 valence electrons. The second kappa shape index (κ2) is 5.65. The molecule has 0 radical (unpaired) electrons. The molecule has 1 aromatic carbocycles. The van der Waals surface area contributed by atoms with Crippen molar-refractivity contribution in [2.45, 2.75) is 32.2 Å². The predicted molar refractivity (Wildman–Crippen MR) is 73.4 cm³/mol. The van der Waals surface area contributed by atoms with E-state index in [0.29, 0.717) is 12.0 Å². The Kier molecular flexibility index (Phi) is 4.19. The summed E-state index contributed by atoms with van der Waals surface area (Å²) in [7, 11) is 2.21. The first-order valence-corrected chi connectivity index (χ1v) is 6.68. The minimum absolute atomic E-state index is 0.490. The van der Waals surface area contributed by atoms with E-state index in [4.69, 9.17) is 0 Å². The van der Waals surface area contributed by atoms with Crippen molar-refractivity contribution >= 4 is 0 Å². The summed E-state index contributed by atoms with van der Waals surface area (Å²) in [4.78, 5) is 2.42. The third-order valence-corrected chi connectivity index (χ3v) is 3.61. The highest BCUT2D eigenvalue weighted by Gasteiger charge is 2.16. The molecular formula is C15H24N2. The molecule has 17 heavy (non-hydrogen) atoms. The van der Waals surface area contributed by atoms with E-state index in [1.165, 1.54) is 24.1 Å². The minimum atomic E-state index is 0.490. The molecule has 2 nitrogen and oxygen atoms in total. The van der Waals surface area contributed by atoms with Crippen LogP contribution in [0.4, 0.5) is 0 Å². The van der Waals surface area contributed by atoms with Crippen LogP contribution in [0.15, 0.2) is 24.3 Å². The smallest absolute Gasteiger partial charge is 0.0449 e. The van der Waals surface area contributed by atoms with Crippen molar-refractivity contribution in [1.82, 2.24) is 10.2 Å². The van der Waals surface area contributed by atoms with Crippen molar-refractivity contribution in [1.29, 1.82) is 0 Å². The van der Waals surface area contributed by atoms with Crippen molar-refractivity contribution in [2.75, 3.05) is 26.7 Å². The van der Waals surface area contributed by atoms with Gasteiger partial charge in [-0.1, -0.05) is 38.1 Å². The molecule has 1 saturated heterocycles. The quantitative estimate of drug-likeness (QED) is 0.843. The van der Waals surface area contributed by atoms with Gasteiger partial charge in [-0.15, -0.1) is 0 Å². The Labute approximate surface area is 105 Å². The molecule has 0 spiro atoms. The van der Waals surface area contributed by atoms with Gasteiger partial charge in [0.15, 0.2) is 0 Å². The van der Waals surface area contributed by atoms with Gasteiger partial charge >= 0.3 is 0 Å². The maximum Gasteiger partial charge on any atom is 0.0449 e. The van der Waals surface area contributed by atoms with Gasteiger partial charge in [0.05, 0.1) is 0 Å². The molecule has 1 unspecified atom stereocenters. The van der Waals surface area contributed by atoms with E-state index in [1.807, 2.05) is 0 Å². The lowest BCUT2D eigenvalue weighted by molar-refractivity contribution is 0.326. The molecule has 0 saturated carbocycles. The van der Waals surface area contributed by atoms with Gasteiger partial charge in [-0.05, 0) is 43.6 Å². The number of hydrogen-bond donors (Lipinski definition) is 1. The zero-order valence-electron chi connectivity index (χ0n) is 11.2. The standard InChI is InChI=1S/C15H24N2/c1-12(2)13-5-7-14(8-6-13)15-11-17(3)10-4-9-16-15/h5-8,12,15-16H,4,9-11H2,1-3H3. The van der Waals surface area contributed by atoms with E-state index in [2.05, 4.69) is 55.4 Å². The molecular weight excluding hydrogens is 208 g/mol. The SMILES string of the molecule is CC(C)c1ccc(C2CN(C)CCCN2)cc1. The Morgan fingerprint density at radius 2 is 1.94 bits per heavy atom. The van der Waals surface area contributed by atoms with Crippen LogP contribution in [-0.2, 0) is 0 Å². The molecule has 1 heterocycles. The lowest BCUT2D eigenvalue weighted by atomic mass is 9.99. The van der Waals surface area contributed by atoms with E-state index in [-0.39, 0.29) is 0 Å². The average molecular weight is 232 g/mol. The lowest BCUT2D eigenvalue weighted by Crippen LogP contribution is -2.28. The third-order valence-electron chi connectivity index (χ3n) is 3.61. The summed E-state index contributed by atoms with van der Waals surface area (Å²) in [5, 5.41) is 3.64. The molecule has 2 rings (SSSR count). The maximum absolute atomic E-state index is 3.64. The summed E-state index contributed by atoms with van der Waals surface area (Å²) >= 11 is 0. The highest BCUT2D eigenvalue weighted by molar-refractivity contribution is 5.27. The molecule has 1 fully saturated rings. The van der Waals surface area contributed by atoms with Crippen LogP contribution in [0.2, 0.25) is 0 Å². The van der Waals surface area contributed by atoms with Gasteiger partial charge in [-0.2, -0.15) is 0 Å². The molecule has 1 N–H and O–H groups in total. The van der Waals surface area contributed by atoms with Crippen LogP contribution < -0.4 is 5.32 Å². The molecule has 0 aliphatic carbocycles. The third kappa shape index (κ3) is 3.30. The van der Waals surface area contributed by atoms with Crippen LogP contribution in [0.3, 0.4) is 0 Å². The Morgan fingerprint density at radius 3 is 2.59 bits per heavy atom. The Morgan fingerprint density at radius 1 is 1.24 bits per heavy atom. The number of likely N-dealkylation sites (N-methyl/N-ethyl adjacent to an activating group) is 1. The highest BCUT2D eigenvalue weighted by atomic mass is 15.1. The van der Waals surface area contributed by atoms with Crippen molar-refractivity contribution in [3.8, 4) is 0 Å². The summed E-state index contributed by atoms with van der Waals surface area (Å²) in [6.45, 7) is 7.93. The summed E-state index contributed by atoms with van der Waals surface area (Å²) in [5.74, 6) is 0.619. The number of hydrogen-bond acceptors (Lipinski definition) is 2. The number of rotatable bonds is 2. The number of benzene rings is 1. The van der Waals surface area contributed by atoms with Crippen LogP contribution in [0.25, 0.3) is 0 Å². The monoisotopic (exact) mass is 232 g/mol. The molecule has 2 heteroatoms. The Hall–Kier alpha value is -0.860. The lowest BCUT2D eigenvalue weighted by Gasteiger charge is -2.21. The van der Waals surface area contributed by atoms with Crippen LogP contribution in [-0.4, -0.2) is 31.6 Å². The summed E-state index contributed by atoms with van der Waals surface area (Å²) in [5.41, 5.74) is 2.85. The molecule has 1 atom stereocenters. The highest BCUT2D eigenvalue weighted by Crippen LogP contribution is 2.20. The van der Waals surface area contributed by atoms with Crippen LogP contribution in [0.5, 0.6) is 0 Å². The first-order valence-electron chi connectivity index (χ1n) is 6.68. The van der Waals surface area contributed by atoms with E-state index in [9.17, 15) is 0 Å². The van der Waals surface area contributed by atoms with E-state index < -0.39 is 0 Å². The fourth-order valence-corrected chi connectivity index (χ4v) is 2.43. The maximum atomic E-state index is 3.64. The van der Waals surface area contributed by atoms with Gasteiger partial charge in [-0.3, -0.25) is 0 Å². The van der Waals surface area contributed by atoms with Gasteiger partial charge < -0.3 is 10.2 Å². The number of nitrogens with one attached hydrogen (secondary N) is 1. The molecule has 0 amide bonds. The second-order valence-electron chi connectivity index (χ2n) is 5.44. The fourth-order valence-electron chi connectivity index (χ4n) is 2.43. The summed E-state index contributed by atoms with van der Waals surface area (Å²) in [6, 6.07) is 9.60. The fraction of sp³-hybridized carbons (Fsp3) is 0.600. The van der Waals surface area contributed by atoms with Crippen LogP contribution in [0, 0.1) is 0 Å². The van der Waals surface area contributed by atoms with Gasteiger partial charge in [0.2, 0.25) is 0 Å². The minimum Gasteiger partial charge on any atom is -0.309 e. The summed E-state index contributed by atoms with van der Waals surface area (Å²) < 4.78 is 0. The first-order chi connectivity index (χ1) is 8.16. The van der Waals surface area contributed by atoms with E-state index >= 15 is 0 Å². The first kappa shape index (κ1) is 12.6. The van der Waals surface area contributed by atoms with Crippen LogP contribution in [0.1, 0.15) is 43.4 Å². The predicted octanol–water partition coefficient (Wildman–Crippen LogP) is 2.78. The molecule has 0 aromatic heterocycles. The number of nitrogens with zero attached hydrogens (tertiary/aromatic N) is 1. The second-order valence-corrected chi connectivity index (χ2v) is 5.44. The van der Waals surface area contributed by atoms with E-state index in [0.717, 1.165) is 13.1 Å². The summed E-state index contributed by atoms with van der Waals surface area (Å²) in [6.07, 6.45) is 1.25. The van der Waals surface area contributed by atoms with E-state index in [1.54, 1.807) is 0 Å². The van der Waals surface area contributed by atoms with Gasteiger partial charge in [0.25, 0.3) is 0 Å². The van der Waals surface area contributed by atoms with Crippen molar-refractivity contribution in [3.63, 3.8) is 0 Å². The Balaban J connectivity index is 2.10. The molecule has 1 aliphatic heterocycles. The average Bonchev–Trinajstić information content (AvgIpc) is 2.54. The van der Waals surface area contributed by atoms with Gasteiger partial charge in [0, 0.05) is 12.6 Å². The van der Waals surface area contributed by atoms with Crippen LogP contribution >= 0.6 is 0 Å². The van der Waals surface area contributed by atoms with Gasteiger partial charge in [-0.25, -0.2) is 0 Å². The van der Waals surface area contributed by atoms with Crippen molar-refractivity contribution in [3.05, 3.63) is 35.4 Å². The Bertz CT molecular complexity index is 342. The molecule has 1 aromatic rings.